The normalized spacial score (nSPS) is 12.1. The standard InChI is InChI=1S/C21H23NO7/c1-22(12-14-7-8-15-18(11-14)28-10-9-27-15)19(23)13-29-21(24)20-16(25-2)5-4-6-17(20)26-3/h4-8,11H,9-10,12-13H2,1-3H3. The Kier molecular flexibility index (Phi) is 6.43. The highest BCUT2D eigenvalue weighted by Crippen LogP contribution is 2.31. The zero-order valence-electron chi connectivity index (χ0n) is 16.6. The molecule has 0 aliphatic carbocycles. The minimum absolute atomic E-state index is 0.139. The molecule has 1 heterocycles. The van der Waals surface area contributed by atoms with Gasteiger partial charge < -0.3 is 28.6 Å². The Labute approximate surface area is 168 Å². The molecule has 0 bridgehead atoms. The number of methoxy groups -OCH3 is 2. The van der Waals surface area contributed by atoms with Gasteiger partial charge in [-0.3, -0.25) is 4.79 Å². The topological polar surface area (TPSA) is 83.5 Å². The van der Waals surface area contributed by atoms with E-state index in [1.807, 2.05) is 18.2 Å². The van der Waals surface area contributed by atoms with Crippen molar-refractivity contribution < 1.29 is 33.3 Å². The van der Waals surface area contributed by atoms with Crippen LogP contribution in [-0.2, 0) is 16.1 Å². The highest BCUT2D eigenvalue weighted by Gasteiger charge is 2.22. The fourth-order valence-electron chi connectivity index (χ4n) is 2.91. The van der Waals surface area contributed by atoms with E-state index in [9.17, 15) is 9.59 Å². The summed E-state index contributed by atoms with van der Waals surface area (Å²) in [6, 6.07) is 10.5. The van der Waals surface area contributed by atoms with E-state index in [1.165, 1.54) is 19.1 Å². The van der Waals surface area contributed by atoms with Crippen LogP contribution in [0.25, 0.3) is 0 Å². The van der Waals surface area contributed by atoms with Gasteiger partial charge in [-0.2, -0.15) is 0 Å². The molecule has 0 N–H and O–H groups in total. The first-order valence-electron chi connectivity index (χ1n) is 9.04. The van der Waals surface area contributed by atoms with Crippen LogP contribution in [0.5, 0.6) is 23.0 Å². The maximum absolute atomic E-state index is 12.5. The number of nitrogens with zero attached hydrogens (tertiary/aromatic N) is 1. The first-order chi connectivity index (χ1) is 14.0. The van der Waals surface area contributed by atoms with E-state index in [1.54, 1.807) is 25.2 Å². The minimum Gasteiger partial charge on any atom is -0.496 e. The number of hydrogen-bond acceptors (Lipinski definition) is 7. The van der Waals surface area contributed by atoms with Gasteiger partial charge in [-0.1, -0.05) is 12.1 Å². The summed E-state index contributed by atoms with van der Waals surface area (Å²) in [6.07, 6.45) is 0. The van der Waals surface area contributed by atoms with E-state index >= 15 is 0 Å². The zero-order chi connectivity index (χ0) is 20.8. The minimum atomic E-state index is -0.694. The third-order valence-electron chi connectivity index (χ3n) is 4.41. The second kappa shape index (κ2) is 9.18. The molecule has 2 aromatic rings. The predicted octanol–water partition coefficient (Wildman–Crippen LogP) is 2.29. The van der Waals surface area contributed by atoms with Gasteiger partial charge in [0, 0.05) is 13.6 Å². The number of fused-ring (bicyclic) bond motifs is 1. The summed E-state index contributed by atoms with van der Waals surface area (Å²) in [5.74, 6) is 0.929. The van der Waals surface area contributed by atoms with E-state index in [-0.39, 0.29) is 11.5 Å². The Hall–Kier alpha value is -3.42. The molecule has 0 saturated heterocycles. The highest BCUT2D eigenvalue weighted by molar-refractivity contribution is 5.96. The fourth-order valence-corrected chi connectivity index (χ4v) is 2.91. The van der Waals surface area contributed by atoms with Crippen molar-refractivity contribution in [2.24, 2.45) is 0 Å². The Morgan fingerprint density at radius 1 is 1.00 bits per heavy atom. The van der Waals surface area contributed by atoms with Gasteiger partial charge in [0.25, 0.3) is 5.91 Å². The predicted molar refractivity (Wildman–Crippen MR) is 104 cm³/mol. The molecule has 1 aliphatic rings. The van der Waals surface area contributed by atoms with E-state index in [0.29, 0.717) is 42.8 Å². The molecule has 3 rings (SSSR count). The van der Waals surface area contributed by atoms with Gasteiger partial charge in [0.15, 0.2) is 18.1 Å². The number of esters is 1. The number of carbonyl (C=O) groups excluding carboxylic acids is 2. The lowest BCUT2D eigenvalue weighted by Crippen LogP contribution is -2.31. The van der Waals surface area contributed by atoms with Crippen molar-refractivity contribution >= 4 is 11.9 Å². The van der Waals surface area contributed by atoms with Crippen LogP contribution < -0.4 is 18.9 Å². The summed E-state index contributed by atoms with van der Waals surface area (Å²) in [5.41, 5.74) is 1.02. The SMILES string of the molecule is COc1cccc(OC)c1C(=O)OCC(=O)N(C)Cc1ccc2c(c1)OCCO2. The molecule has 8 heteroatoms. The van der Waals surface area contributed by atoms with Crippen LogP contribution in [0.15, 0.2) is 36.4 Å². The third-order valence-corrected chi connectivity index (χ3v) is 4.41. The summed E-state index contributed by atoms with van der Waals surface area (Å²) in [5, 5.41) is 0. The van der Waals surface area contributed by atoms with Crippen LogP contribution >= 0.6 is 0 Å². The Morgan fingerprint density at radius 3 is 2.31 bits per heavy atom. The van der Waals surface area contributed by atoms with Crippen LogP contribution in [-0.4, -0.2) is 57.9 Å². The van der Waals surface area contributed by atoms with E-state index in [4.69, 9.17) is 23.7 Å². The van der Waals surface area contributed by atoms with Gasteiger partial charge >= 0.3 is 5.97 Å². The molecule has 29 heavy (non-hydrogen) atoms. The molecule has 0 atom stereocenters. The molecule has 8 nitrogen and oxygen atoms in total. The number of likely N-dealkylation sites (N-methyl/N-ethyl adjacent to an activating group) is 1. The molecular weight excluding hydrogens is 378 g/mol. The first-order valence-corrected chi connectivity index (χ1v) is 9.04. The Balaban J connectivity index is 1.60. The average molecular weight is 401 g/mol. The molecule has 1 amide bonds. The molecule has 0 spiro atoms. The summed E-state index contributed by atoms with van der Waals surface area (Å²) in [7, 11) is 4.52. The van der Waals surface area contributed by atoms with E-state index in [2.05, 4.69) is 0 Å². The van der Waals surface area contributed by atoms with Crippen molar-refractivity contribution in [2.45, 2.75) is 6.54 Å². The molecule has 0 unspecified atom stereocenters. The lowest BCUT2D eigenvalue weighted by Gasteiger charge is -2.21. The van der Waals surface area contributed by atoms with Crippen LogP contribution in [0.2, 0.25) is 0 Å². The smallest absolute Gasteiger partial charge is 0.346 e. The van der Waals surface area contributed by atoms with Crippen molar-refractivity contribution in [1.29, 1.82) is 0 Å². The van der Waals surface area contributed by atoms with Crippen LogP contribution in [0, 0.1) is 0 Å². The Bertz CT molecular complexity index is 874. The highest BCUT2D eigenvalue weighted by atomic mass is 16.6. The quantitative estimate of drug-likeness (QED) is 0.658. The van der Waals surface area contributed by atoms with Gasteiger partial charge in [0.2, 0.25) is 0 Å². The number of carbonyl (C=O) groups is 2. The number of rotatable bonds is 7. The van der Waals surface area contributed by atoms with Crippen molar-refractivity contribution in [3.63, 3.8) is 0 Å². The maximum Gasteiger partial charge on any atom is 0.346 e. The number of hydrogen-bond donors (Lipinski definition) is 0. The molecule has 0 radical (unpaired) electrons. The monoisotopic (exact) mass is 401 g/mol. The van der Waals surface area contributed by atoms with E-state index < -0.39 is 12.6 Å². The summed E-state index contributed by atoms with van der Waals surface area (Å²) in [4.78, 5) is 26.3. The van der Waals surface area contributed by atoms with Crippen LogP contribution in [0.3, 0.4) is 0 Å². The van der Waals surface area contributed by atoms with Gasteiger partial charge in [-0.25, -0.2) is 4.79 Å². The zero-order valence-corrected chi connectivity index (χ0v) is 16.6. The average Bonchev–Trinajstić information content (AvgIpc) is 2.76. The first kappa shape index (κ1) is 20.3. The number of benzene rings is 2. The van der Waals surface area contributed by atoms with Crippen molar-refractivity contribution in [2.75, 3.05) is 41.1 Å². The van der Waals surface area contributed by atoms with Crippen LogP contribution in [0.1, 0.15) is 15.9 Å². The maximum atomic E-state index is 12.5. The fraction of sp³-hybridized carbons (Fsp3) is 0.333. The van der Waals surface area contributed by atoms with Gasteiger partial charge in [0.1, 0.15) is 30.3 Å². The van der Waals surface area contributed by atoms with Crippen LogP contribution in [0.4, 0.5) is 0 Å². The van der Waals surface area contributed by atoms with E-state index in [0.717, 1.165) is 5.56 Å². The molecule has 0 aromatic heterocycles. The lowest BCUT2D eigenvalue weighted by atomic mass is 10.1. The number of ether oxygens (including phenoxy) is 5. The van der Waals surface area contributed by atoms with Gasteiger partial charge in [0.05, 0.1) is 14.2 Å². The molecular formula is C21H23NO7. The molecule has 1 aliphatic heterocycles. The van der Waals surface area contributed by atoms with Crippen molar-refractivity contribution in [1.82, 2.24) is 4.90 Å². The largest absolute Gasteiger partial charge is 0.496 e. The molecule has 0 fully saturated rings. The van der Waals surface area contributed by atoms with Crippen molar-refractivity contribution in [3.8, 4) is 23.0 Å². The van der Waals surface area contributed by atoms with Crippen molar-refractivity contribution in [3.05, 3.63) is 47.5 Å². The molecule has 154 valence electrons. The summed E-state index contributed by atoms with van der Waals surface area (Å²) in [6.45, 7) is 0.951. The van der Waals surface area contributed by atoms with Gasteiger partial charge in [-0.05, 0) is 29.8 Å². The third kappa shape index (κ3) is 4.71. The molecule has 2 aromatic carbocycles. The second-order valence-corrected chi connectivity index (χ2v) is 6.34. The second-order valence-electron chi connectivity index (χ2n) is 6.34. The number of amides is 1. The summed E-state index contributed by atoms with van der Waals surface area (Å²) < 4.78 is 26.6. The Morgan fingerprint density at radius 2 is 1.66 bits per heavy atom. The lowest BCUT2D eigenvalue weighted by molar-refractivity contribution is -0.133. The molecule has 0 saturated carbocycles. The van der Waals surface area contributed by atoms with Gasteiger partial charge in [-0.15, -0.1) is 0 Å². The summed E-state index contributed by atoms with van der Waals surface area (Å²) >= 11 is 0.